The van der Waals surface area contributed by atoms with E-state index >= 15 is 0 Å². The van der Waals surface area contributed by atoms with Crippen molar-refractivity contribution >= 4 is 29.1 Å². The number of fused-ring (bicyclic) bond motifs is 1. The number of benzene rings is 1. The number of aromatic nitrogens is 3. The van der Waals surface area contributed by atoms with E-state index in [9.17, 15) is 4.79 Å². The number of piperazine rings is 1. The fourth-order valence-corrected chi connectivity index (χ4v) is 3.38. The minimum absolute atomic E-state index is 0.148. The molecule has 1 atom stereocenters. The fraction of sp³-hybridized carbons (Fsp3) is 0.400. The molecule has 2 aromatic rings. The zero-order valence-electron chi connectivity index (χ0n) is 12.5. The molecule has 2 N–H and O–H groups in total. The van der Waals surface area contributed by atoms with Gasteiger partial charge in [-0.05, 0) is 23.8 Å². The van der Waals surface area contributed by atoms with Crippen LogP contribution in [0.1, 0.15) is 5.56 Å². The van der Waals surface area contributed by atoms with Gasteiger partial charge in [0.1, 0.15) is 12.4 Å². The Morgan fingerprint density at radius 3 is 2.83 bits per heavy atom. The minimum atomic E-state index is -0.194. The molecule has 0 saturated carbocycles. The monoisotopic (exact) mass is 332 g/mol. The van der Waals surface area contributed by atoms with Crippen LogP contribution in [0.4, 0.5) is 11.6 Å². The standard InChI is InChI=1S/C15H17ClN6O/c16-11-1-2-12-10(7-11)8-13(19-12)14(23)21-3-5-22(6-4-21)15-17-9-18-20-15/h1-2,7,9,13,19H,3-6,8H2,(H,17,18,20). The summed E-state index contributed by atoms with van der Waals surface area (Å²) in [6, 6.07) is 5.52. The van der Waals surface area contributed by atoms with Crippen LogP contribution in [0, 0.1) is 0 Å². The Bertz CT molecular complexity index is 711. The van der Waals surface area contributed by atoms with Gasteiger partial charge < -0.3 is 15.1 Å². The van der Waals surface area contributed by atoms with E-state index in [0.717, 1.165) is 30.3 Å². The average Bonchev–Trinajstić information content (AvgIpc) is 3.23. The first-order valence-corrected chi connectivity index (χ1v) is 8.02. The molecule has 3 heterocycles. The lowest BCUT2D eigenvalue weighted by atomic mass is 10.1. The number of hydrogen-bond donors (Lipinski definition) is 2. The van der Waals surface area contributed by atoms with Crippen molar-refractivity contribution in [2.24, 2.45) is 0 Å². The fourth-order valence-electron chi connectivity index (χ4n) is 3.19. The van der Waals surface area contributed by atoms with Gasteiger partial charge in [-0.15, -0.1) is 0 Å². The quantitative estimate of drug-likeness (QED) is 0.862. The van der Waals surface area contributed by atoms with Crippen molar-refractivity contribution in [3.63, 3.8) is 0 Å². The smallest absolute Gasteiger partial charge is 0.245 e. The highest BCUT2D eigenvalue weighted by atomic mass is 35.5. The van der Waals surface area contributed by atoms with Crippen molar-refractivity contribution in [2.75, 3.05) is 36.4 Å². The third-order valence-corrected chi connectivity index (χ3v) is 4.65. The summed E-state index contributed by atoms with van der Waals surface area (Å²) in [5.74, 6) is 0.910. The molecule has 0 radical (unpaired) electrons. The first-order chi connectivity index (χ1) is 11.2. The summed E-state index contributed by atoms with van der Waals surface area (Å²) in [5.41, 5.74) is 2.11. The van der Waals surface area contributed by atoms with Crippen LogP contribution in [0.3, 0.4) is 0 Å². The molecule has 0 aliphatic carbocycles. The van der Waals surface area contributed by atoms with E-state index < -0.39 is 0 Å². The average molecular weight is 333 g/mol. The Morgan fingerprint density at radius 2 is 2.09 bits per heavy atom. The van der Waals surface area contributed by atoms with Crippen LogP contribution < -0.4 is 10.2 Å². The van der Waals surface area contributed by atoms with Crippen LogP contribution in [0.25, 0.3) is 0 Å². The number of amides is 1. The number of H-pyrrole nitrogens is 1. The van der Waals surface area contributed by atoms with Crippen molar-refractivity contribution in [1.29, 1.82) is 0 Å². The van der Waals surface area contributed by atoms with Crippen molar-refractivity contribution in [2.45, 2.75) is 12.5 Å². The van der Waals surface area contributed by atoms with E-state index in [2.05, 4.69) is 25.4 Å². The number of anilines is 2. The maximum absolute atomic E-state index is 12.7. The van der Waals surface area contributed by atoms with Crippen LogP contribution in [0.2, 0.25) is 5.02 Å². The van der Waals surface area contributed by atoms with Gasteiger partial charge in [0.2, 0.25) is 11.9 Å². The van der Waals surface area contributed by atoms with Gasteiger partial charge in [0.05, 0.1) is 0 Å². The topological polar surface area (TPSA) is 77.2 Å². The van der Waals surface area contributed by atoms with E-state index in [-0.39, 0.29) is 11.9 Å². The van der Waals surface area contributed by atoms with Crippen molar-refractivity contribution < 1.29 is 4.79 Å². The Labute approximate surface area is 138 Å². The highest BCUT2D eigenvalue weighted by molar-refractivity contribution is 6.30. The summed E-state index contributed by atoms with van der Waals surface area (Å²) >= 11 is 6.02. The predicted octanol–water partition coefficient (Wildman–Crippen LogP) is 1.14. The number of carbonyl (C=O) groups is 1. The molecular weight excluding hydrogens is 316 g/mol. The zero-order chi connectivity index (χ0) is 15.8. The molecule has 0 spiro atoms. The van der Waals surface area contributed by atoms with Gasteiger partial charge in [0.25, 0.3) is 0 Å². The molecule has 8 heteroatoms. The summed E-state index contributed by atoms with van der Waals surface area (Å²) in [4.78, 5) is 20.9. The summed E-state index contributed by atoms with van der Waals surface area (Å²) in [6.07, 6.45) is 2.19. The van der Waals surface area contributed by atoms with E-state index in [1.807, 2.05) is 23.1 Å². The minimum Gasteiger partial charge on any atom is -0.373 e. The molecule has 2 aliphatic rings. The third-order valence-electron chi connectivity index (χ3n) is 4.41. The molecule has 1 unspecified atom stereocenters. The highest BCUT2D eigenvalue weighted by Gasteiger charge is 2.32. The molecule has 7 nitrogen and oxygen atoms in total. The first kappa shape index (κ1) is 14.3. The second-order valence-corrected chi connectivity index (χ2v) is 6.26. The van der Waals surface area contributed by atoms with Gasteiger partial charge in [-0.25, -0.2) is 5.10 Å². The second-order valence-electron chi connectivity index (χ2n) is 5.82. The molecule has 1 amide bonds. The predicted molar refractivity (Wildman–Crippen MR) is 87.7 cm³/mol. The molecule has 1 aromatic carbocycles. The Kier molecular flexibility index (Phi) is 3.57. The number of hydrogen-bond acceptors (Lipinski definition) is 5. The normalized spacial score (nSPS) is 20.3. The maximum Gasteiger partial charge on any atom is 0.245 e. The van der Waals surface area contributed by atoms with E-state index in [0.29, 0.717) is 24.5 Å². The largest absolute Gasteiger partial charge is 0.373 e. The van der Waals surface area contributed by atoms with Gasteiger partial charge in [-0.2, -0.15) is 10.1 Å². The van der Waals surface area contributed by atoms with Crippen LogP contribution >= 0.6 is 11.6 Å². The molecule has 0 bridgehead atoms. The van der Waals surface area contributed by atoms with Gasteiger partial charge in [0.15, 0.2) is 0 Å². The van der Waals surface area contributed by atoms with Crippen molar-refractivity contribution in [1.82, 2.24) is 20.1 Å². The Morgan fingerprint density at radius 1 is 1.26 bits per heavy atom. The molecule has 4 rings (SSSR count). The maximum atomic E-state index is 12.7. The summed E-state index contributed by atoms with van der Waals surface area (Å²) in [7, 11) is 0. The molecule has 120 valence electrons. The Hall–Kier alpha value is -2.28. The zero-order valence-corrected chi connectivity index (χ0v) is 13.3. The van der Waals surface area contributed by atoms with Crippen LogP contribution in [-0.4, -0.2) is 58.2 Å². The lowest BCUT2D eigenvalue weighted by Crippen LogP contribution is -2.52. The van der Waals surface area contributed by atoms with E-state index in [1.54, 1.807) is 0 Å². The number of nitrogens with zero attached hydrogens (tertiary/aromatic N) is 4. The van der Waals surface area contributed by atoms with E-state index in [1.165, 1.54) is 6.33 Å². The molecule has 23 heavy (non-hydrogen) atoms. The highest BCUT2D eigenvalue weighted by Crippen LogP contribution is 2.29. The van der Waals surface area contributed by atoms with Crippen LogP contribution in [0.5, 0.6) is 0 Å². The molecular formula is C15H17ClN6O. The summed E-state index contributed by atoms with van der Waals surface area (Å²) in [6.45, 7) is 2.89. The summed E-state index contributed by atoms with van der Waals surface area (Å²) < 4.78 is 0. The van der Waals surface area contributed by atoms with Gasteiger partial charge >= 0.3 is 0 Å². The number of carbonyl (C=O) groups excluding carboxylic acids is 1. The molecule has 1 fully saturated rings. The lowest BCUT2D eigenvalue weighted by Gasteiger charge is -2.35. The lowest BCUT2D eigenvalue weighted by molar-refractivity contribution is -0.132. The van der Waals surface area contributed by atoms with Crippen LogP contribution in [-0.2, 0) is 11.2 Å². The SMILES string of the molecule is O=C(C1Cc2cc(Cl)ccc2N1)N1CCN(c2ncn[nH]2)CC1. The third kappa shape index (κ3) is 2.72. The number of halogens is 1. The number of aromatic amines is 1. The number of nitrogens with one attached hydrogen (secondary N) is 2. The molecule has 2 aliphatic heterocycles. The van der Waals surface area contributed by atoms with Gasteiger partial charge in [-0.1, -0.05) is 11.6 Å². The van der Waals surface area contributed by atoms with Gasteiger partial charge in [0, 0.05) is 43.3 Å². The van der Waals surface area contributed by atoms with E-state index in [4.69, 9.17) is 11.6 Å². The number of rotatable bonds is 2. The van der Waals surface area contributed by atoms with Gasteiger partial charge in [-0.3, -0.25) is 4.79 Å². The Balaban J connectivity index is 1.38. The van der Waals surface area contributed by atoms with Crippen molar-refractivity contribution in [3.05, 3.63) is 35.1 Å². The molecule has 1 saturated heterocycles. The first-order valence-electron chi connectivity index (χ1n) is 7.65. The summed E-state index contributed by atoms with van der Waals surface area (Å²) in [5, 5.41) is 10.7. The molecule has 1 aromatic heterocycles. The van der Waals surface area contributed by atoms with Crippen LogP contribution in [0.15, 0.2) is 24.5 Å². The second kappa shape index (κ2) is 5.73. The van der Waals surface area contributed by atoms with Crippen molar-refractivity contribution in [3.8, 4) is 0 Å².